The number of aliphatic hydroxyl groups is 5. The zero-order valence-electron chi connectivity index (χ0n) is 15.4. The van der Waals surface area contributed by atoms with E-state index in [0.717, 1.165) is 0 Å². The van der Waals surface area contributed by atoms with Gasteiger partial charge in [0.2, 0.25) is 22.6 Å². The van der Waals surface area contributed by atoms with Crippen molar-refractivity contribution in [1.82, 2.24) is 0 Å². The van der Waals surface area contributed by atoms with Crippen LogP contribution in [-0.2, 0) is 28.8 Å². The Hall–Kier alpha value is -2.18. The van der Waals surface area contributed by atoms with E-state index in [-0.39, 0.29) is 0 Å². The molecule has 0 spiro atoms. The fourth-order valence-corrected chi connectivity index (χ4v) is 2.93. The third-order valence-corrected chi connectivity index (χ3v) is 4.63. The molecule has 0 aliphatic carbocycles. The number of carbonyl (C=O) groups is 6. The fourth-order valence-electron chi connectivity index (χ4n) is 2.93. The van der Waals surface area contributed by atoms with Crippen LogP contribution in [-0.4, -0.2) is 89.2 Å². The second kappa shape index (κ2) is 7.44. The van der Waals surface area contributed by atoms with Crippen LogP contribution in [0.4, 0.5) is 0 Å². The predicted octanol–water partition coefficient (Wildman–Crippen LogP) is -3.58. The van der Waals surface area contributed by atoms with Gasteiger partial charge in [0.05, 0.1) is 6.61 Å². The zero-order valence-corrected chi connectivity index (χ0v) is 15.4. The highest BCUT2D eigenvalue weighted by atomic mass is 16.4. The van der Waals surface area contributed by atoms with Crippen LogP contribution < -0.4 is 0 Å². The number of Topliss-reactive ketones (excluding diaryl/α,β-unsaturated/α-hetero) is 6. The average Bonchev–Trinajstić information content (AvgIpc) is 2.56. The van der Waals surface area contributed by atoms with Gasteiger partial charge >= 0.3 is 0 Å². The molecular weight excluding hydrogens is 368 g/mol. The zero-order chi connectivity index (χ0) is 22.2. The van der Waals surface area contributed by atoms with E-state index in [1.54, 1.807) is 0 Å². The minimum absolute atomic E-state index is 0.424. The van der Waals surface area contributed by atoms with E-state index in [0.29, 0.717) is 34.6 Å². The molecule has 5 N–H and O–H groups in total. The van der Waals surface area contributed by atoms with Crippen LogP contribution >= 0.6 is 0 Å². The molecule has 0 aromatic carbocycles. The summed E-state index contributed by atoms with van der Waals surface area (Å²) in [6, 6.07) is 0. The summed E-state index contributed by atoms with van der Waals surface area (Å²) in [5.74, 6) is -10.5. The Labute approximate surface area is 153 Å². The highest BCUT2D eigenvalue weighted by molar-refractivity contribution is 6.45. The molecule has 0 aliphatic heterocycles. The molecule has 0 saturated carbocycles. The van der Waals surface area contributed by atoms with Crippen LogP contribution in [0.2, 0.25) is 0 Å². The van der Waals surface area contributed by atoms with Gasteiger partial charge in [-0.25, -0.2) is 0 Å². The summed E-state index contributed by atoms with van der Waals surface area (Å²) in [6.45, 7) is 0.706. The molecule has 11 nitrogen and oxygen atoms in total. The van der Waals surface area contributed by atoms with Gasteiger partial charge < -0.3 is 25.5 Å². The van der Waals surface area contributed by atoms with Crippen LogP contribution in [0.25, 0.3) is 0 Å². The lowest BCUT2D eigenvalue weighted by molar-refractivity contribution is -0.264. The molecule has 0 radical (unpaired) electrons. The Morgan fingerprint density at radius 2 is 1.00 bits per heavy atom. The molecule has 27 heavy (non-hydrogen) atoms. The van der Waals surface area contributed by atoms with E-state index < -0.39 is 63.7 Å². The van der Waals surface area contributed by atoms with Gasteiger partial charge in [-0.15, -0.1) is 0 Å². The maximum Gasteiger partial charge on any atom is 0.240 e. The number of ketones is 6. The van der Waals surface area contributed by atoms with Crippen molar-refractivity contribution in [3.63, 3.8) is 0 Å². The van der Waals surface area contributed by atoms with Gasteiger partial charge in [0.1, 0.15) is 0 Å². The van der Waals surface area contributed by atoms with Crippen molar-refractivity contribution in [2.75, 3.05) is 6.61 Å². The molecule has 0 amide bonds. The predicted molar refractivity (Wildman–Crippen MR) is 85.3 cm³/mol. The van der Waals surface area contributed by atoms with Gasteiger partial charge in [0.15, 0.2) is 34.5 Å². The van der Waals surface area contributed by atoms with Crippen LogP contribution in [0.5, 0.6) is 0 Å². The molecular formula is C16H22O11. The molecule has 0 heterocycles. The van der Waals surface area contributed by atoms with Gasteiger partial charge in [-0.3, -0.25) is 28.8 Å². The molecule has 0 bridgehead atoms. The maximum absolute atomic E-state index is 12.2. The van der Waals surface area contributed by atoms with Crippen LogP contribution in [0.3, 0.4) is 0 Å². The molecule has 0 aromatic rings. The smallest absolute Gasteiger partial charge is 0.240 e. The summed E-state index contributed by atoms with van der Waals surface area (Å²) >= 11 is 0. The lowest BCUT2D eigenvalue weighted by atomic mass is 9.57. The van der Waals surface area contributed by atoms with Crippen molar-refractivity contribution in [2.45, 2.75) is 57.0 Å². The molecule has 4 atom stereocenters. The summed E-state index contributed by atoms with van der Waals surface area (Å²) in [5.41, 5.74) is -16.0. The maximum atomic E-state index is 12.2. The van der Waals surface area contributed by atoms with Crippen molar-refractivity contribution >= 4 is 34.7 Å². The normalized spacial score (nSPS) is 20.2. The summed E-state index contributed by atoms with van der Waals surface area (Å²) in [6.07, 6.45) is 0. The highest BCUT2D eigenvalue weighted by Crippen LogP contribution is 2.43. The van der Waals surface area contributed by atoms with E-state index in [2.05, 4.69) is 0 Å². The molecule has 0 aromatic heterocycles. The monoisotopic (exact) mass is 390 g/mol. The van der Waals surface area contributed by atoms with Crippen molar-refractivity contribution < 1.29 is 54.3 Å². The van der Waals surface area contributed by atoms with Crippen molar-refractivity contribution in [1.29, 1.82) is 0 Å². The van der Waals surface area contributed by atoms with Crippen LogP contribution in [0.1, 0.15) is 34.6 Å². The number of aliphatic hydroxyl groups excluding tert-OH is 1. The molecule has 152 valence electrons. The molecule has 0 unspecified atom stereocenters. The molecule has 0 fully saturated rings. The number of rotatable bonds is 10. The Morgan fingerprint density at radius 1 is 0.630 bits per heavy atom. The van der Waals surface area contributed by atoms with E-state index in [1.165, 1.54) is 0 Å². The Bertz CT molecular complexity index is 726. The van der Waals surface area contributed by atoms with Crippen molar-refractivity contribution in [3.05, 3.63) is 0 Å². The van der Waals surface area contributed by atoms with Gasteiger partial charge in [-0.05, 0) is 27.7 Å². The minimum atomic E-state index is -4.20. The minimum Gasteiger partial charge on any atom is -0.393 e. The van der Waals surface area contributed by atoms with Gasteiger partial charge in [0.25, 0.3) is 0 Å². The molecule has 11 heteroatoms. The second-order valence-corrected chi connectivity index (χ2v) is 6.26. The number of hydrogen-bond donors (Lipinski definition) is 5. The van der Waals surface area contributed by atoms with E-state index in [4.69, 9.17) is 0 Å². The number of carbonyl (C=O) groups excluding carboxylic acids is 6. The fraction of sp³-hybridized carbons (Fsp3) is 0.625. The van der Waals surface area contributed by atoms with E-state index in [9.17, 15) is 54.3 Å². The quantitative estimate of drug-likeness (QED) is 0.182. The first-order valence-corrected chi connectivity index (χ1v) is 7.54. The van der Waals surface area contributed by atoms with E-state index in [1.807, 2.05) is 0 Å². The summed E-state index contributed by atoms with van der Waals surface area (Å²) in [4.78, 5) is 72.0. The lowest BCUT2D eigenvalue weighted by Gasteiger charge is -2.52. The van der Waals surface area contributed by atoms with Gasteiger partial charge in [0, 0.05) is 6.92 Å². The van der Waals surface area contributed by atoms with Crippen molar-refractivity contribution in [3.8, 4) is 0 Å². The van der Waals surface area contributed by atoms with Crippen LogP contribution in [0.15, 0.2) is 0 Å². The van der Waals surface area contributed by atoms with Gasteiger partial charge in [-0.1, -0.05) is 0 Å². The van der Waals surface area contributed by atoms with Crippen LogP contribution in [0, 0.1) is 0 Å². The summed E-state index contributed by atoms with van der Waals surface area (Å²) in [5, 5.41) is 52.3. The van der Waals surface area contributed by atoms with Crippen molar-refractivity contribution in [2.24, 2.45) is 0 Å². The molecule has 0 saturated heterocycles. The highest BCUT2D eigenvalue weighted by Gasteiger charge is 2.79. The first-order valence-electron chi connectivity index (χ1n) is 7.54. The first-order chi connectivity index (χ1) is 11.9. The number of hydrogen-bond acceptors (Lipinski definition) is 11. The molecule has 0 rings (SSSR count). The Balaban J connectivity index is 7.62. The average molecular weight is 390 g/mol. The Kier molecular flexibility index (Phi) is 6.84. The SMILES string of the molecule is CC(=O)C(=O)[C@@](O)(C(C)=O)[C@](O)(C(C)=O)[C@@](O)(C(C)=O)[C@](O)(CO)C(C)=O. The summed E-state index contributed by atoms with van der Waals surface area (Å²) in [7, 11) is 0. The topological polar surface area (TPSA) is 204 Å². The first kappa shape index (κ1) is 24.8. The van der Waals surface area contributed by atoms with E-state index >= 15 is 0 Å². The summed E-state index contributed by atoms with van der Waals surface area (Å²) < 4.78 is 0. The Morgan fingerprint density at radius 3 is 1.19 bits per heavy atom. The molecule has 0 aliphatic rings. The third kappa shape index (κ3) is 2.97. The third-order valence-electron chi connectivity index (χ3n) is 4.63. The standard InChI is InChI=1S/C16H22O11/c1-7(18)12(23)14(25,9(3)20)16(27,11(5)22)15(26,10(4)21)13(24,6-17)8(2)19/h17,24-27H,6H2,1-5H3/t13-,14-,15+,16+/m0/s1. The largest absolute Gasteiger partial charge is 0.393 e. The van der Waals surface area contributed by atoms with Gasteiger partial charge in [-0.2, -0.15) is 0 Å². The second-order valence-electron chi connectivity index (χ2n) is 6.26. The lowest BCUT2D eigenvalue weighted by Crippen LogP contribution is -2.85.